The Kier molecular flexibility index (Phi) is 5.69. The molecule has 0 unspecified atom stereocenters. The molecule has 0 atom stereocenters. The van der Waals surface area contributed by atoms with Crippen molar-refractivity contribution in [3.63, 3.8) is 0 Å². The number of aromatic nitrogens is 1. The van der Waals surface area contributed by atoms with Gasteiger partial charge in [0.05, 0.1) is 0 Å². The SMILES string of the molecule is N=C(/C=C(\[N-]c1ncccc1Cl)C(Cl)(Cl)Cl)CN. The molecule has 8 heteroatoms. The van der Waals surface area contributed by atoms with E-state index in [9.17, 15) is 0 Å². The van der Waals surface area contributed by atoms with Crippen LogP contribution in [0, 0.1) is 5.41 Å². The molecule has 1 rings (SSSR count). The molecule has 0 saturated carbocycles. The van der Waals surface area contributed by atoms with Crippen molar-refractivity contribution in [2.45, 2.75) is 3.79 Å². The van der Waals surface area contributed by atoms with Gasteiger partial charge in [0.15, 0.2) is 0 Å². The Bertz CT molecular complexity index is 467. The summed E-state index contributed by atoms with van der Waals surface area (Å²) < 4.78 is -1.79. The lowest BCUT2D eigenvalue weighted by molar-refractivity contribution is 1.23. The zero-order valence-electron chi connectivity index (χ0n) is 9.00. The standard InChI is InChI=1S/C10H9Cl4N4/c11-7-2-1-3-17-9(7)18-8(10(12,13)14)4-6(16)5-15/h1-4,16H,5,15H2/q-1/b8-4-,16-6?. The summed E-state index contributed by atoms with van der Waals surface area (Å²) in [4.78, 5) is 3.95. The Morgan fingerprint density at radius 3 is 2.67 bits per heavy atom. The summed E-state index contributed by atoms with van der Waals surface area (Å²) in [6.07, 6.45) is 2.78. The van der Waals surface area contributed by atoms with E-state index in [0.717, 1.165) is 0 Å². The van der Waals surface area contributed by atoms with Crippen molar-refractivity contribution in [1.29, 1.82) is 5.41 Å². The van der Waals surface area contributed by atoms with Crippen LogP contribution >= 0.6 is 46.4 Å². The lowest BCUT2D eigenvalue weighted by Crippen LogP contribution is -2.14. The van der Waals surface area contributed by atoms with Crippen LogP contribution in [-0.4, -0.2) is 21.0 Å². The van der Waals surface area contributed by atoms with Crippen LogP contribution in [0.15, 0.2) is 30.1 Å². The van der Waals surface area contributed by atoms with E-state index < -0.39 is 3.79 Å². The average molecular weight is 327 g/mol. The molecule has 0 bridgehead atoms. The number of alkyl halides is 3. The van der Waals surface area contributed by atoms with Gasteiger partial charge in [-0.3, -0.25) is 0 Å². The van der Waals surface area contributed by atoms with Gasteiger partial charge in [0.1, 0.15) is 0 Å². The molecule has 4 nitrogen and oxygen atoms in total. The first-order valence-electron chi connectivity index (χ1n) is 4.73. The Labute approximate surface area is 125 Å². The monoisotopic (exact) mass is 325 g/mol. The molecule has 18 heavy (non-hydrogen) atoms. The number of allylic oxidation sites excluding steroid dienone is 1. The van der Waals surface area contributed by atoms with E-state index in [-0.39, 0.29) is 23.8 Å². The van der Waals surface area contributed by atoms with Crippen molar-refractivity contribution in [3.05, 3.63) is 40.4 Å². The average Bonchev–Trinajstić information content (AvgIpc) is 2.29. The molecule has 0 radical (unpaired) electrons. The topological polar surface area (TPSA) is 76.9 Å². The molecule has 1 heterocycles. The summed E-state index contributed by atoms with van der Waals surface area (Å²) in [7, 11) is 0. The second-order valence-corrected chi connectivity index (χ2v) is 5.87. The quantitative estimate of drug-likeness (QED) is 0.648. The largest absolute Gasteiger partial charge is 0.441 e. The van der Waals surface area contributed by atoms with Gasteiger partial charge in [-0.15, -0.1) is 0 Å². The highest BCUT2D eigenvalue weighted by atomic mass is 35.6. The summed E-state index contributed by atoms with van der Waals surface area (Å²) >= 11 is 23.2. The van der Waals surface area contributed by atoms with Gasteiger partial charge in [-0.05, 0) is 23.7 Å². The van der Waals surface area contributed by atoms with E-state index in [2.05, 4.69) is 10.3 Å². The summed E-state index contributed by atoms with van der Waals surface area (Å²) in [5, 5.41) is 11.8. The van der Waals surface area contributed by atoms with Crippen LogP contribution in [0.4, 0.5) is 5.82 Å². The van der Waals surface area contributed by atoms with Crippen molar-refractivity contribution in [3.8, 4) is 0 Å². The second kappa shape index (κ2) is 6.59. The van der Waals surface area contributed by atoms with Crippen LogP contribution in [0.1, 0.15) is 0 Å². The minimum Gasteiger partial charge on any atom is -0.441 e. The lowest BCUT2D eigenvalue weighted by atomic mass is 10.3. The molecular formula is C10H9Cl4N4-. The number of hydrogen-bond acceptors (Lipinski definition) is 3. The Morgan fingerprint density at radius 1 is 1.50 bits per heavy atom. The smallest absolute Gasteiger partial charge is 0.212 e. The lowest BCUT2D eigenvalue weighted by Gasteiger charge is -2.25. The third kappa shape index (κ3) is 4.63. The molecule has 0 aliphatic carbocycles. The van der Waals surface area contributed by atoms with Gasteiger partial charge in [-0.25, -0.2) is 0 Å². The van der Waals surface area contributed by atoms with Crippen molar-refractivity contribution in [1.82, 2.24) is 4.98 Å². The van der Waals surface area contributed by atoms with Gasteiger partial charge in [-0.1, -0.05) is 58.7 Å². The number of pyridine rings is 1. The van der Waals surface area contributed by atoms with E-state index in [1.807, 2.05) is 0 Å². The molecule has 0 aliphatic heterocycles. The molecule has 0 saturated heterocycles. The highest BCUT2D eigenvalue weighted by Gasteiger charge is 2.23. The predicted octanol–water partition coefficient (Wildman–Crippen LogP) is 3.97. The maximum atomic E-state index is 7.48. The molecule has 0 spiro atoms. The number of rotatable bonds is 4. The third-order valence-corrected chi connectivity index (χ3v) is 2.66. The fourth-order valence-electron chi connectivity index (χ4n) is 0.975. The second-order valence-electron chi connectivity index (χ2n) is 3.18. The Morgan fingerprint density at radius 2 is 2.17 bits per heavy atom. The summed E-state index contributed by atoms with van der Waals surface area (Å²) in [5.74, 6) is 0.210. The van der Waals surface area contributed by atoms with E-state index >= 15 is 0 Å². The van der Waals surface area contributed by atoms with Crippen LogP contribution < -0.4 is 5.73 Å². The predicted molar refractivity (Wildman–Crippen MR) is 77.4 cm³/mol. The summed E-state index contributed by atoms with van der Waals surface area (Å²) in [6, 6.07) is 3.26. The summed E-state index contributed by atoms with van der Waals surface area (Å²) in [5.41, 5.74) is 5.41. The minimum atomic E-state index is -1.79. The first kappa shape index (κ1) is 15.5. The van der Waals surface area contributed by atoms with Gasteiger partial charge in [0.2, 0.25) is 3.79 Å². The van der Waals surface area contributed by atoms with E-state index in [0.29, 0.717) is 5.02 Å². The molecule has 0 aliphatic rings. The number of nitrogens with two attached hydrogens (primary N) is 1. The van der Waals surface area contributed by atoms with Crippen molar-refractivity contribution in [2.75, 3.05) is 6.54 Å². The van der Waals surface area contributed by atoms with Gasteiger partial charge < -0.3 is 21.4 Å². The van der Waals surface area contributed by atoms with Crippen molar-refractivity contribution < 1.29 is 0 Å². The maximum Gasteiger partial charge on any atom is 0.212 e. The number of nitrogens with one attached hydrogen (secondary N) is 1. The molecule has 3 N–H and O–H groups in total. The van der Waals surface area contributed by atoms with Gasteiger partial charge in [0.25, 0.3) is 0 Å². The molecule has 1 aromatic heterocycles. The van der Waals surface area contributed by atoms with Crippen molar-refractivity contribution in [2.24, 2.45) is 5.73 Å². The number of halogens is 4. The Hall–Kier alpha value is -0.520. The van der Waals surface area contributed by atoms with E-state index in [1.165, 1.54) is 12.3 Å². The normalized spacial score (nSPS) is 12.4. The van der Waals surface area contributed by atoms with Crippen molar-refractivity contribution >= 4 is 57.9 Å². The number of hydrogen-bond donors (Lipinski definition) is 2. The van der Waals surface area contributed by atoms with Gasteiger partial charge >= 0.3 is 0 Å². The van der Waals surface area contributed by atoms with Crippen LogP contribution in [0.2, 0.25) is 5.02 Å². The van der Waals surface area contributed by atoms with Crippen LogP contribution in [-0.2, 0) is 0 Å². The zero-order valence-corrected chi connectivity index (χ0v) is 12.0. The highest BCUT2D eigenvalue weighted by Crippen LogP contribution is 2.42. The molecule has 1 aromatic rings. The van der Waals surface area contributed by atoms with E-state index in [1.54, 1.807) is 12.1 Å². The van der Waals surface area contributed by atoms with Gasteiger partial charge in [0, 0.05) is 17.3 Å². The molecular weight excluding hydrogens is 318 g/mol. The molecule has 0 amide bonds. The first-order chi connectivity index (χ1) is 8.34. The number of nitrogens with zero attached hydrogens (tertiary/aromatic N) is 2. The maximum absolute atomic E-state index is 7.48. The first-order valence-corrected chi connectivity index (χ1v) is 6.24. The third-order valence-electron chi connectivity index (χ3n) is 1.79. The van der Waals surface area contributed by atoms with Crippen LogP contribution in [0.25, 0.3) is 5.32 Å². The zero-order chi connectivity index (χ0) is 13.8. The van der Waals surface area contributed by atoms with Gasteiger partial charge in [-0.2, -0.15) is 0 Å². The van der Waals surface area contributed by atoms with Crippen LogP contribution in [0.5, 0.6) is 0 Å². The molecule has 98 valence electrons. The minimum absolute atomic E-state index is 0.00964. The summed E-state index contributed by atoms with van der Waals surface area (Å²) in [6.45, 7) is 0.00964. The highest BCUT2D eigenvalue weighted by molar-refractivity contribution is 6.69. The fraction of sp³-hybridized carbons (Fsp3) is 0.200. The Balaban J connectivity index is 3.04. The van der Waals surface area contributed by atoms with Crippen LogP contribution in [0.3, 0.4) is 0 Å². The molecule has 0 aromatic carbocycles. The van der Waals surface area contributed by atoms with E-state index in [4.69, 9.17) is 57.5 Å². The fourth-order valence-corrected chi connectivity index (χ4v) is 1.43. The molecule has 0 fully saturated rings.